The molecule has 0 aliphatic carbocycles. The van der Waals surface area contributed by atoms with Crippen LogP contribution < -0.4 is 5.73 Å². The van der Waals surface area contributed by atoms with Gasteiger partial charge in [0, 0.05) is 0 Å². The molecule has 0 amide bonds. The average Bonchev–Trinajstić information content (AvgIpc) is 2.63. The van der Waals surface area contributed by atoms with E-state index in [9.17, 15) is 4.39 Å². The lowest BCUT2D eigenvalue weighted by molar-refractivity contribution is 0.635. The molecule has 6 heteroatoms. The Hall–Kier alpha value is -2.16. The lowest BCUT2D eigenvalue weighted by atomic mass is 10.2. The number of aromatic nitrogens is 3. The van der Waals surface area contributed by atoms with Gasteiger partial charge in [-0.2, -0.15) is 5.26 Å². The summed E-state index contributed by atoms with van der Waals surface area (Å²) in [5.74, 6) is -0.536. The van der Waals surface area contributed by atoms with Crippen LogP contribution in [0.2, 0.25) is 0 Å². The number of fused-ring (bicyclic) bond motifs is 1. The second-order valence-electron chi connectivity index (χ2n) is 3.01. The first-order chi connectivity index (χ1) is 8.19. The number of nitrogen functional groups attached to an aromatic ring is 1. The maximum absolute atomic E-state index is 13.6. The average molecular weight is 235 g/mol. The Morgan fingerprint density at radius 1 is 1.53 bits per heavy atom. The van der Waals surface area contributed by atoms with E-state index in [1.54, 1.807) is 0 Å². The topological polar surface area (TPSA) is 80.0 Å². The molecule has 2 N–H and O–H groups in total. The second kappa shape index (κ2) is 5.25. The van der Waals surface area contributed by atoms with Gasteiger partial charge in [-0.1, -0.05) is 20.8 Å². The summed E-state index contributed by atoms with van der Waals surface area (Å²) in [6, 6.07) is 1.82. The predicted molar refractivity (Wildman–Crippen MR) is 62.8 cm³/mol. The van der Waals surface area contributed by atoms with Crippen LogP contribution in [0.4, 0.5) is 10.3 Å². The van der Waals surface area contributed by atoms with Crippen LogP contribution in [0, 0.1) is 17.1 Å². The number of nitrogens with two attached hydrogens (primary N) is 1. The summed E-state index contributed by atoms with van der Waals surface area (Å²) >= 11 is 0. The lowest BCUT2D eigenvalue weighted by Crippen LogP contribution is -2.03. The Morgan fingerprint density at radius 2 is 2.18 bits per heavy atom. The van der Waals surface area contributed by atoms with Gasteiger partial charge in [-0.05, 0) is 6.42 Å². The van der Waals surface area contributed by atoms with Crippen molar-refractivity contribution in [1.29, 1.82) is 5.26 Å². The molecule has 0 radical (unpaired) electrons. The predicted octanol–water partition coefficient (Wildman–Crippen LogP) is 1.91. The van der Waals surface area contributed by atoms with E-state index in [2.05, 4.69) is 10.1 Å². The van der Waals surface area contributed by atoms with Crippen molar-refractivity contribution in [3.8, 4) is 6.07 Å². The molecule has 0 spiro atoms. The van der Waals surface area contributed by atoms with Gasteiger partial charge < -0.3 is 5.73 Å². The smallest absolute Gasteiger partial charge is 0.238 e. The van der Waals surface area contributed by atoms with Gasteiger partial charge in [0.05, 0.1) is 11.9 Å². The van der Waals surface area contributed by atoms with Gasteiger partial charge in [0.25, 0.3) is 0 Å². The summed E-state index contributed by atoms with van der Waals surface area (Å²) in [7, 11) is 0. The van der Waals surface area contributed by atoms with E-state index in [1.807, 2.05) is 26.8 Å². The maximum Gasteiger partial charge on any atom is 0.238 e. The first-order valence-corrected chi connectivity index (χ1v) is 5.40. The van der Waals surface area contributed by atoms with Crippen LogP contribution in [0.3, 0.4) is 0 Å². The van der Waals surface area contributed by atoms with E-state index < -0.39 is 5.82 Å². The third kappa shape index (κ3) is 2.04. The third-order valence-corrected chi connectivity index (χ3v) is 2.19. The molecular formula is C11H14FN5. The van der Waals surface area contributed by atoms with Gasteiger partial charge in [0.2, 0.25) is 5.95 Å². The van der Waals surface area contributed by atoms with E-state index in [0.29, 0.717) is 12.1 Å². The van der Waals surface area contributed by atoms with E-state index in [4.69, 9.17) is 11.0 Å². The molecule has 0 atom stereocenters. The van der Waals surface area contributed by atoms with Crippen molar-refractivity contribution < 1.29 is 4.39 Å². The fourth-order valence-electron chi connectivity index (χ4n) is 1.52. The van der Waals surface area contributed by atoms with E-state index in [0.717, 1.165) is 0 Å². The van der Waals surface area contributed by atoms with E-state index in [-0.39, 0.29) is 17.0 Å². The number of hydrogen-bond acceptors (Lipinski definition) is 4. The number of rotatable bonds is 1. The largest absolute Gasteiger partial charge is 0.367 e. The van der Waals surface area contributed by atoms with Gasteiger partial charge in [0.1, 0.15) is 17.1 Å². The van der Waals surface area contributed by atoms with Crippen molar-refractivity contribution in [2.45, 2.75) is 27.2 Å². The number of anilines is 1. The minimum Gasteiger partial charge on any atom is -0.367 e. The van der Waals surface area contributed by atoms with Crippen molar-refractivity contribution in [3.63, 3.8) is 0 Å². The Bertz CT molecular complexity index is 567. The van der Waals surface area contributed by atoms with E-state index in [1.165, 1.54) is 10.7 Å². The van der Waals surface area contributed by atoms with Crippen molar-refractivity contribution in [2.75, 3.05) is 5.73 Å². The molecule has 0 aliphatic rings. The number of nitriles is 1. The zero-order valence-corrected chi connectivity index (χ0v) is 10.0. The number of halogens is 1. The summed E-state index contributed by atoms with van der Waals surface area (Å²) in [4.78, 5) is 3.69. The quantitative estimate of drug-likeness (QED) is 0.818. The molecular weight excluding hydrogens is 221 g/mol. The molecule has 2 aromatic rings. The van der Waals surface area contributed by atoms with Crippen LogP contribution in [0.5, 0.6) is 0 Å². The molecule has 2 heterocycles. The minimum atomic E-state index is -0.589. The molecule has 0 saturated heterocycles. The van der Waals surface area contributed by atoms with Crippen molar-refractivity contribution in [1.82, 2.24) is 14.6 Å². The maximum atomic E-state index is 13.6. The fourth-order valence-corrected chi connectivity index (χ4v) is 1.52. The molecule has 0 fully saturated rings. The number of aryl methyl sites for hydroxylation is 1. The minimum absolute atomic E-state index is 0.0115. The van der Waals surface area contributed by atoms with Crippen molar-refractivity contribution in [2.24, 2.45) is 0 Å². The van der Waals surface area contributed by atoms with Gasteiger partial charge in [0.15, 0.2) is 5.82 Å². The summed E-state index contributed by atoms with van der Waals surface area (Å²) in [6.07, 6.45) is 1.78. The number of hydrogen-bond donors (Lipinski definition) is 1. The first kappa shape index (κ1) is 12.9. The molecule has 0 aromatic carbocycles. The number of nitrogens with zero attached hydrogens (tertiary/aromatic N) is 4. The van der Waals surface area contributed by atoms with Crippen LogP contribution in [0.25, 0.3) is 5.52 Å². The summed E-state index contributed by atoms with van der Waals surface area (Å²) in [6.45, 7) is 5.82. The molecule has 17 heavy (non-hydrogen) atoms. The zero-order valence-electron chi connectivity index (χ0n) is 10.0. The molecule has 2 aromatic heterocycles. The molecule has 0 unspecified atom stereocenters. The summed E-state index contributed by atoms with van der Waals surface area (Å²) in [5.41, 5.74) is 6.10. The second-order valence-corrected chi connectivity index (χ2v) is 3.01. The third-order valence-electron chi connectivity index (χ3n) is 2.19. The van der Waals surface area contributed by atoms with Crippen LogP contribution in [-0.2, 0) is 6.42 Å². The highest BCUT2D eigenvalue weighted by Gasteiger charge is 2.18. The molecule has 2 rings (SSSR count). The normalized spacial score (nSPS) is 9.59. The van der Waals surface area contributed by atoms with Crippen LogP contribution in [-0.4, -0.2) is 14.6 Å². The molecule has 0 bridgehead atoms. The molecule has 90 valence electrons. The van der Waals surface area contributed by atoms with Crippen LogP contribution in [0.1, 0.15) is 32.0 Å². The SMILES string of the molecule is CC.CCc1c(C#N)c(F)c2cnc(N)nn12. The lowest BCUT2D eigenvalue weighted by Gasteiger charge is -1.98. The fraction of sp³-hybridized carbons (Fsp3) is 0.364. The van der Waals surface area contributed by atoms with Crippen LogP contribution in [0.15, 0.2) is 6.20 Å². The molecule has 5 nitrogen and oxygen atoms in total. The van der Waals surface area contributed by atoms with Gasteiger partial charge >= 0.3 is 0 Å². The Morgan fingerprint density at radius 3 is 2.71 bits per heavy atom. The standard InChI is InChI=1S/C9H8FN5.C2H6/c1-2-6-5(3-11)8(10)7-4-13-9(12)14-15(6)7;1-2/h4H,2H2,1H3,(H2,12,14);1-2H3. The van der Waals surface area contributed by atoms with Crippen molar-refractivity contribution in [3.05, 3.63) is 23.3 Å². The zero-order chi connectivity index (χ0) is 13.0. The molecule has 0 saturated carbocycles. The Kier molecular flexibility index (Phi) is 3.99. The first-order valence-electron chi connectivity index (χ1n) is 5.40. The van der Waals surface area contributed by atoms with Gasteiger partial charge in [-0.25, -0.2) is 13.9 Å². The van der Waals surface area contributed by atoms with Gasteiger partial charge in [-0.15, -0.1) is 5.10 Å². The highest BCUT2D eigenvalue weighted by Crippen LogP contribution is 2.20. The Labute approximate surface area is 98.7 Å². The Balaban J connectivity index is 0.000000686. The van der Waals surface area contributed by atoms with Crippen molar-refractivity contribution >= 4 is 11.5 Å². The monoisotopic (exact) mass is 235 g/mol. The van der Waals surface area contributed by atoms with E-state index >= 15 is 0 Å². The highest BCUT2D eigenvalue weighted by atomic mass is 19.1. The summed E-state index contributed by atoms with van der Waals surface area (Å²) in [5, 5.41) is 12.7. The van der Waals surface area contributed by atoms with Crippen LogP contribution >= 0.6 is 0 Å². The van der Waals surface area contributed by atoms with Gasteiger partial charge in [-0.3, -0.25) is 0 Å². The summed E-state index contributed by atoms with van der Waals surface area (Å²) < 4.78 is 15.0. The molecule has 0 aliphatic heterocycles. The highest BCUT2D eigenvalue weighted by molar-refractivity contribution is 5.57.